The Labute approximate surface area is 146 Å². The van der Waals surface area contributed by atoms with Crippen LogP contribution in [0.15, 0.2) is 36.4 Å². The number of rotatable bonds is 4. The summed E-state index contributed by atoms with van der Waals surface area (Å²) in [5, 5.41) is 14.3. The van der Waals surface area contributed by atoms with Crippen molar-refractivity contribution in [1.29, 1.82) is 0 Å². The quantitative estimate of drug-likeness (QED) is 0.761. The number of halogens is 1. The van der Waals surface area contributed by atoms with Crippen molar-refractivity contribution in [3.63, 3.8) is 0 Å². The van der Waals surface area contributed by atoms with Crippen LogP contribution in [0.2, 0.25) is 5.02 Å². The number of para-hydroxylation sites is 1. The standard InChI is InChI=1S/C19H21ClN2O2/c20-17-11-13(22-12-5-2-1-3-6-12)9-10-14(17)15-7-4-8-16(18(15)23)19(21)24/h4,7-12,22-23H,1-3,5-6H2,(H2,21,24). The third kappa shape index (κ3) is 3.49. The summed E-state index contributed by atoms with van der Waals surface area (Å²) in [6.07, 6.45) is 6.20. The molecule has 0 aliphatic heterocycles. The zero-order valence-electron chi connectivity index (χ0n) is 13.4. The first kappa shape index (κ1) is 16.7. The first-order chi connectivity index (χ1) is 11.6. The molecular weight excluding hydrogens is 324 g/mol. The topological polar surface area (TPSA) is 75.4 Å². The first-order valence-electron chi connectivity index (χ1n) is 8.24. The molecule has 1 aliphatic carbocycles. The number of carbonyl (C=O) groups excluding carboxylic acids is 1. The maximum Gasteiger partial charge on any atom is 0.252 e. The summed E-state index contributed by atoms with van der Waals surface area (Å²) >= 11 is 6.42. The third-order valence-electron chi connectivity index (χ3n) is 4.54. The van der Waals surface area contributed by atoms with Gasteiger partial charge in [-0.3, -0.25) is 4.79 Å². The van der Waals surface area contributed by atoms with Crippen LogP contribution in [0.25, 0.3) is 11.1 Å². The second-order valence-corrected chi connectivity index (χ2v) is 6.65. The molecule has 24 heavy (non-hydrogen) atoms. The number of aromatic hydroxyl groups is 1. The molecular formula is C19H21ClN2O2. The van der Waals surface area contributed by atoms with E-state index in [1.165, 1.54) is 38.2 Å². The second-order valence-electron chi connectivity index (χ2n) is 6.24. The Balaban J connectivity index is 1.87. The molecule has 0 unspecified atom stereocenters. The number of hydrogen-bond donors (Lipinski definition) is 3. The Morgan fingerprint density at radius 1 is 1.12 bits per heavy atom. The van der Waals surface area contributed by atoms with Gasteiger partial charge in [0.05, 0.1) is 10.6 Å². The van der Waals surface area contributed by atoms with E-state index in [1.807, 2.05) is 18.2 Å². The monoisotopic (exact) mass is 344 g/mol. The maximum absolute atomic E-state index is 11.4. The fraction of sp³-hybridized carbons (Fsp3) is 0.316. The second kappa shape index (κ2) is 7.14. The highest BCUT2D eigenvalue weighted by Gasteiger charge is 2.16. The number of anilines is 1. The molecule has 1 fully saturated rings. The molecule has 0 bridgehead atoms. The highest BCUT2D eigenvalue weighted by molar-refractivity contribution is 6.33. The van der Waals surface area contributed by atoms with Crippen LogP contribution in [0.1, 0.15) is 42.5 Å². The summed E-state index contributed by atoms with van der Waals surface area (Å²) in [7, 11) is 0. The number of hydrogen-bond acceptors (Lipinski definition) is 3. The molecule has 3 rings (SSSR count). The predicted molar refractivity (Wildman–Crippen MR) is 97.6 cm³/mol. The minimum Gasteiger partial charge on any atom is -0.506 e. The van der Waals surface area contributed by atoms with Crippen LogP contribution in [0, 0.1) is 0 Å². The van der Waals surface area contributed by atoms with Crippen LogP contribution >= 0.6 is 11.6 Å². The van der Waals surface area contributed by atoms with E-state index in [4.69, 9.17) is 17.3 Å². The molecule has 1 saturated carbocycles. The van der Waals surface area contributed by atoms with Crippen LogP contribution in [-0.2, 0) is 0 Å². The number of amides is 1. The van der Waals surface area contributed by atoms with E-state index in [9.17, 15) is 9.90 Å². The molecule has 4 N–H and O–H groups in total. The van der Waals surface area contributed by atoms with E-state index in [2.05, 4.69) is 5.32 Å². The van der Waals surface area contributed by atoms with E-state index in [1.54, 1.807) is 12.1 Å². The van der Waals surface area contributed by atoms with Crippen LogP contribution in [0.4, 0.5) is 5.69 Å². The molecule has 0 spiro atoms. The van der Waals surface area contributed by atoms with Crippen molar-refractivity contribution >= 4 is 23.2 Å². The lowest BCUT2D eigenvalue weighted by atomic mass is 9.95. The summed E-state index contributed by atoms with van der Waals surface area (Å²) in [5.74, 6) is -0.805. The molecule has 0 radical (unpaired) electrons. The molecule has 1 aliphatic rings. The highest BCUT2D eigenvalue weighted by Crippen LogP contribution is 2.37. The van der Waals surface area contributed by atoms with Crippen molar-refractivity contribution in [2.75, 3.05) is 5.32 Å². The van der Waals surface area contributed by atoms with Crippen molar-refractivity contribution in [3.8, 4) is 16.9 Å². The fourth-order valence-electron chi connectivity index (χ4n) is 3.27. The van der Waals surface area contributed by atoms with Gasteiger partial charge < -0.3 is 16.2 Å². The summed E-state index contributed by atoms with van der Waals surface area (Å²) in [4.78, 5) is 11.4. The zero-order chi connectivity index (χ0) is 17.1. The van der Waals surface area contributed by atoms with Gasteiger partial charge in [-0.15, -0.1) is 0 Å². The van der Waals surface area contributed by atoms with Gasteiger partial charge >= 0.3 is 0 Å². The number of carbonyl (C=O) groups is 1. The van der Waals surface area contributed by atoms with Crippen LogP contribution in [-0.4, -0.2) is 17.1 Å². The highest BCUT2D eigenvalue weighted by atomic mass is 35.5. The van der Waals surface area contributed by atoms with Gasteiger partial charge in [-0.1, -0.05) is 49.1 Å². The van der Waals surface area contributed by atoms with Gasteiger partial charge in [0.15, 0.2) is 0 Å². The molecule has 0 saturated heterocycles. The van der Waals surface area contributed by atoms with E-state index in [-0.39, 0.29) is 11.3 Å². The lowest BCUT2D eigenvalue weighted by Crippen LogP contribution is -2.22. The van der Waals surface area contributed by atoms with Gasteiger partial charge in [0.1, 0.15) is 5.75 Å². The minimum atomic E-state index is -0.666. The molecule has 0 heterocycles. The number of phenols is 1. The van der Waals surface area contributed by atoms with Gasteiger partial charge in [0.2, 0.25) is 0 Å². The molecule has 126 valence electrons. The summed E-state index contributed by atoms with van der Waals surface area (Å²) in [5.41, 5.74) is 7.52. The van der Waals surface area contributed by atoms with Gasteiger partial charge in [0.25, 0.3) is 5.91 Å². The van der Waals surface area contributed by atoms with Crippen molar-refractivity contribution < 1.29 is 9.90 Å². The molecule has 2 aromatic carbocycles. The Kier molecular flexibility index (Phi) is 4.95. The van der Waals surface area contributed by atoms with Crippen LogP contribution in [0.3, 0.4) is 0 Å². The Bertz CT molecular complexity index is 755. The van der Waals surface area contributed by atoms with Gasteiger partial charge in [-0.2, -0.15) is 0 Å². The lowest BCUT2D eigenvalue weighted by Gasteiger charge is -2.24. The predicted octanol–water partition coefficient (Wildman–Crippen LogP) is 4.56. The molecule has 5 heteroatoms. The summed E-state index contributed by atoms with van der Waals surface area (Å²) in [6, 6.07) is 11.1. The number of nitrogens with two attached hydrogens (primary N) is 1. The maximum atomic E-state index is 11.4. The molecule has 0 aromatic heterocycles. The third-order valence-corrected chi connectivity index (χ3v) is 4.85. The van der Waals surface area contributed by atoms with E-state index in [0.717, 1.165) is 5.69 Å². The molecule has 0 atom stereocenters. The van der Waals surface area contributed by atoms with E-state index >= 15 is 0 Å². The van der Waals surface area contributed by atoms with Crippen molar-refractivity contribution in [3.05, 3.63) is 47.0 Å². The summed E-state index contributed by atoms with van der Waals surface area (Å²) in [6.45, 7) is 0. The largest absolute Gasteiger partial charge is 0.506 e. The Morgan fingerprint density at radius 3 is 2.54 bits per heavy atom. The summed E-state index contributed by atoms with van der Waals surface area (Å²) < 4.78 is 0. The average Bonchev–Trinajstić information content (AvgIpc) is 2.56. The average molecular weight is 345 g/mol. The minimum absolute atomic E-state index is 0.0907. The zero-order valence-corrected chi connectivity index (χ0v) is 14.1. The smallest absolute Gasteiger partial charge is 0.252 e. The SMILES string of the molecule is NC(=O)c1cccc(-c2ccc(NC3CCCCC3)cc2Cl)c1O. The molecule has 4 nitrogen and oxygen atoms in total. The van der Waals surface area contributed by atoms with Crippen molar-refractivity contribution in [2.45, 2.75) is 38.1 Å². The first-order valence-corrected chi connectivity index (χ1v) is 8.62. The Hall–Kier alpha value is -2.20. The van der Waals surface area contributed by atoms with Crippen LogP contribution in [0.5, 0.6) is 5.75 Å². The number of nitrogens with one attached hydrogen (secondary N) is 1. The van der Waals surface area contributed by atoms with Gasteiger partial charge in [-0.25, -0.2) is 0 Å². The molecule has 2 aromatic rings. The lowest BCUT2D eigenvalue weighted by molar-refractivity contribution is 0.0998. The number of benzene rings is 2. The van der Waals surface area contributed by atoms with E-state index < -0.39 is 5.91 Å². The fourth-order valence-corrected chi connectivity index (χ4v) is 3.55. The van der Waals surface area contributed by atoms with Gasteiger partial charge in [0, 0.05) is 22.9 Å². The molecule has 1 amide bonds. The van der Waals surface area contributed by atoms with Crippen molar-refractivity contribution in [2.24, 2.45) is 5.73 Å². The van der Waals surface area contributed by atoms with E-state index in [0.29, 0.717) is 22.2 Å². The van der Waals surface area contributed by atoms with Gasteiger partial charge in [-0.05, 0) is 31.0 Å². The van der Waals surface area contributed by atoms with Crippen molar-refractivity contribution in [1.82, 2.24) is 0 Å². The van der Waals surface area contributed by atoms with Crippen LogP contribution < -0.4 is 11.1 Å². The normalized spacial score (nSPS) is 15.2. The Morgan fingerprint density at radius 2 is 1.88 bits per heavy atom. The number of primary amides is 1.